The summed E-state index contributed by atoms with van der Waals surface area (Å²) < 4.78 is 0. The van der Waals surface area contributed by atoms with E-state index in [0.29, 0.717) is 6.04 Å². The predicted molar refractivity (Wildman–Crippen MR) is 75.5 cm³/mol. The van der Waals surface area contributed by atoms with Crippen LogP contribution in [-0.4, -0.2) is 62.2 Å². The van der Waals surface area contributed by atoms with Crippen molar-refractivity contribution in [1.29, 1.82) is 0 Å². The molecule has 0 saturated carbocycles. The highest BCUT2D eigenvalue weighted by Gasteiger charge is 2.20. The van der Waals surface area contributed by atoms with Crippen molar-refractivity contribution in [3.63, 3.8) is 0 Å². The van der Waals surface area contributed by atoms with Gasteiger partial charge in [-0.2, -0.15) is 0 Å². The van der Waals surface area contributed by atoms with Gasteiger partial charge < -0.3 is 15.1 Å². The van der Waals surface area contributed by atoms with Crippen molar-refractivity contribution >= 4 is 0 Å². The molecule has 1 aliphatic rings. The zero-order valence-corrected chi connectivity index (χ0v) is 12.4. The number of nitrogens with one attached hydrogen (secondary N) is 1. The molecule has 0 aromatic carbocycles. The number of nitrogens with zero attached hydrogens (tertiary/aromatic N) is 2. The maximum Gasteiger partial charge on any atom is 0.0217 e. The Hall–Kier alpha value is -0.120. The summed E-state index contributed by atoms with van der Waals surface area (Å²) in [7, 11) is 4.40. The van der Waals surface area contributed by atoms with Crippen LogP contribution in [0, 0.1) is 5.92 Å². The van der Waals surface area contributed by atoms with Crippen molar-refractivity contribution in [3.05, 3.63) is 0 Å². The molecule has 17 heavy (non-hydrogen) atoms. The van der Waals surface area contributed by atoms with Crippen LogP contribution in [0.4, 0.5) is 0 Å². The Bertz CT molecular complexity index is 204. The molecule has 2 atom stereocenters. The van der Waals surface area contributed by atoms with Crippen LogP contribution in [0.1, 0.15) is 33.6 Å². The number of piperidine rings is 1. The second-order valence-electron chi connectivity index (χ2n) is 6.05. The van der Waals surface area contributed by atoms with Crippen LogP contribution in [0.25, 0.3) is 0 Å². The minimum absolute atomic E-state index is 0.629. The van der Waals surface area contributed by atoms with Crippen LogP contribution in [0.15, 0.2) is 0 Å². The Kier molecular flexibility index (Phi) is 6.45. The summed E-state index contributed by atoms with van der Waals surface area (Å²) in [4.78, 5) is 4.98. The van der Waals surface area contributed by atoms with Crippen LogP contribution >= 0.6 is 0 Å². The van der Waals surface area contributed by atoms with E-state index in [1.54, 1.807) is 0 Å². The highest BCUT2D eigenvalue weighted by Crippen LogP contribution is 2.13. The zero-order valence-electron chi connectivity index (χ0n) is 12.4. The molecule has 3 nitrogen and oxygen atoms in total. The molecule has 1 heterocycles. The van der Waals surface area contributed by atoms with E-state index in [9.17, 15) is 0 Å². The lowest BCUT2D eigenvalue weighted by Gasteiger charge is -2.36. The van der Waals surface area contributed by atoms with E-state index in [1.807, 2.05) is 0 Å². The number of likely N-dealkylation sites (N-methyl/N-ethyl adjacent to an activating group) is 1. The molecule has 1 aliphatic heterocycles. The molecule has 102 valence electrons. The Morgan fingerprint density at radius 2 is 2.00 bits per heavy atom. The van der Waals surface area contributed by atoms with Crippen LogP contribution < -0.4 is 5.32 Å². The first-order valence-corrected chi connectivity index (χ1v) is 7.13. The Morgan fingerprint density at radius 3 is 2.59 bits per heavy atom. The summed E-state index contributed by atoms with van der Waals surface area (Å²) in [6, 6.07) is 1.38. The molecule has 3 heteroatoms. The maximum atomic E-state index is 3.62. The van der Waals surface area contributed by atoms with Crippen molar-refractivity contribution in [2.45, 2.75) is 45.7 Å². The van der Waals surface area contributed by atoms with E-state index in [4.69, 9.17) is 0 Å². The van der Waals surface area contributed by atoms with Crippen molar-refractivity contribution < 1.29 is 0 Å². The van der Waals surface area contributed by atoms with Gasteiger partial charge >= 0.3 is 0 Å². The van der Waals surface area contributed by atoms with E-state index < -0.39 is 0 Å². The van der Waals surface area contributed by atoms with Gasteiger partial charge in [0.25, 0.3) is 0 Å². The van der Waals surface area contributed by atoms with Crippen molar-refractivity contribution in [2.75, 3.05) is 40.3 Å². The van der Waals surface area contributed by atoms with Crippen molar-refractivity contribution in [3.8, 4) is 0 Å². The van der Waals surface area contributed by atoms with Gasteiger partial charge in [0.2, 0.25) is 0 Å². The number of likely N-dealkylation sites (tertiary alicyclic amines) is 1. The van der Waals surface area contributed by atoms with Gasteiger partial charge in [0, 0.05) is 31.7 Å². The predicted octanol–water partition coefficient (Wildman–Crippen LogP) is 1.65. The smallest absolute Gasteiger partial charge is 0.0217 e. The molecule has 1 rings (SSSR count). The molecule has 0 bridgehead atoms. The fourth-order valence-electron chi connectivity index (χ4n) is 2.34. The SMILES string of the molecule is CC(C)C(C)NCCN1CCCC(N(C)C)C1. The van der Waals surface area contributed by atoms with Crippen LogP contribution in [0.3, 0.4) is 0 Å². The second-order valence-corrected chi connectivity index (χ2v) is 6.05. The van der Waals surface area contributed by atoms with E-state index >= 15 is 0 Å². The topological polar surface area (TPSA) is 18.5 Å². The Labute approximate surface area is 108 Å². The minimum Gasteiger partial charge on any atom is -0.313 e. The monoisotopic (exact) mass is 241 g/mol. The Morgan fingerprint density at radius 1 is 1.29 bits per heavy atom. The number of hydrogen-bond acceptors (Lipinski definition) is 3. The largest absolute Gasteiger partial charge is 0.313 e. The van der Waals surface area contributed by atoms with E-state index in [0.717, 1.165) is 18.5 Å². The normalized spacial score (nSPS) is 24.5. The fourth-order valence-corrected chi connectivity index (χ4v) is 2.34. The summed E-state index contributed by atoms with van der Waals surface area (Å²) in [5.74, 6) is 0.728. The molecule has 2 unspecified atom stereocenters. The highest BCUT2D eigenvalue weighted by atomic mass is 15.2. The lowest BCUT2D eigenvalue weighted by molar-refractivity contribution is 0.132. The first-order valence-electron chi connectivity index (χ1n) is 7.13. The summed E-state index contributed by atoms with van der Waals surface area (Å²) in [6.45, 7) is 11.7. The molecule has 1 saturated heterocycles. The minimum atomic E-state index is 0.629. The molecular formula is C14H31N3. The summed E-state index contributed by atoms with van der Waals surface area (Å²) >= 11 is 0. The third kappa shape index (κ3) is 5.36. The van der Waals surface area contributed by atoms with E-state index in [2.05, 4.69) is 50.0 Å². The van der Waals surface area contributed by atoms with Gasteiger partial charge in [-0.1, -0.05) is 13.8 Å². The standard InChI is InChI=1S/C14H31N3/c1-12(2)13(3)15-8-10-17-9-6-7-14(11-17)16(4)5/h12-15H,6-11H2,1-5H3. The lowest BCUT2D eigenvalue weighted by atomic mass is 10.0. The highest BCUT2D eigenvalue weighted by molar-refractivity contribution is 4.78. The molecule has 1 N–H and O–H groups in total. The van der Waals surface area contributed by atoms with Crippen molar-refractivity contribution in [1.82, 2.24) is 15.1 Å². The fraction of sp³-hybridized carbons (Fsp3) is 1.00. The number of rotatable bonds is 6. The Balaban J connectivity index is 2.18. The summed E-state index contributed by atoms with van der Waals surface area (Å²) in [6.07, 6.45) is 2.71. The molecule has 1 fully saturated rings. The van der Waals surface area contributed by atoms with Gasteiger partial charge in [-0.15, -0.1) is 0 Å². The first kappa shape index (κ1) is 14.9. The van der Waals surface area contributed by atoms with E-state index in [-0.39, 0.29) is 0 Å². The first-order chi connectivity index (χ1) is 8.00. The molecule has 0 radical (unpaired) electrons. The van der Waals surface area contributed by atoms with Crippen LogP contribution in [0.2, 0.25) is 0 Å². The average Bonchev–Trinajstić information content (AvgIpc) is 2.29. The zero-order chi connectivity index (χ0) is 12.8. The van der Waals surface area contributed by atoms with Gasteiger partial charge in [-0.05, 0) is 46.3 Å². The lowest BCUT2D eigenvalue weighted by Crippen LogP contribution is -2.47. The van der Waals surface area contributed by atoms with Gasteiger partial charge in [0.1, 0.15) is 0 Å². The molecule has 0 aromatic heterocycles. The molecule has 0 spiro atoms. The molecule has 0 aliphatic carbocycles. The van der Waals surface area contributed by atoms with Gasteiger partial charge in [0.15, 0.2) is 0 Å². The van der Waals surface area contributed by atoms with Gasteiger partial charge in [-0.25, -0.2) is 0 Å². The second kappa shape index (κ2) is 7.34. The van der Waals surface area contributed by atoms with E-state index in [1.165, 1.54) is 32.5 Å². The molecular weight excluding hydrogens is 210 g/mol. The van der Waals surface area contributed by atoms with Gasteiger partial charge in [-0.3, -0.25) is 0 Å². The summed E-state index contributed by atoms with van der Waals surface area (Å²) in [5, 5.41) is 3.62. The average molecular weight is 241 g/mol. The van der Waals surface area contributed by atoms with Crippen LogP contribution in [-0.2, 0) is 0 Å². The van der Waals surface area contributed by atoms with Crippen LogP contribution in [0.5, 0.6) is 0 Å². The summed E-state index contributed by atoms with van der Waals surface area (Å²) in [5.41, 5.74) is 0. The third-order valence-electron chi connectivity index (χ3n) is 4.11. The molecule has 0 aromatic rings. The van der Waals surface area contributed by atoms with Gasteiger partial charge in [0.05, 0.1) is 0 Å². The third-order valence-corrected chi connectivity index (χ3v) is 4.11. The quantitative estimate of drug-likeness (QED) is 0.763. The maximum absolute atomic E-state index is 3.62. The number of hydrogen-bond donors (Lipinski definition) is 1. The van der Waals surface area contributed by atoms with Crippen molar-refractivity contribution in [2.24, 2.45) is 5.92 Å². The molecule has 0 amide bonds.